The minimum Gasteiger partial charge on any atom is -0.472 e. The van der Waals surface area contributed by atoms with E-state index in [0.29, 0.717) is 6.04 Å². The summed E-state index contributed by atoms with van der Waals surface area (Å²) >= 11 is 0. The second kappa shape index (κ2) is 5.36. The molecule has 15 heavy (non-hydrogen) atoms. The Morgan fingerprint density at radius 2 is 2.27 bits per heavy atom. The Bertz CT molecular complexity index is 262. The number of furan rings is 1. The highest BCUT2D eigenvalue weighted by atomic mass is 16.3. The molecule has 2 rings (SSSR count). The van der Waals surface area contributed by atoms with Crippen molar-refractivity contribution in [2.75, 3.05) is 7.05 Å². The van der Waals surface area contributed by atoms with Gasteiger partial charge < -0.3 is 9.73 Å². The first-order chi connectivity index (χ1) is 7.40. The van der Waals surface area contributed by atoms with Crippen LogP contribution in [0.4, 0.5) is 0 Å². The topological polar surface area (TPSA) is 25.2 Å². The van der Waals surface area contributed by atoms with E-state index in [2.05, 4.69) is 11.4 Å². The summed E-state index contributed by atoms with van der Waals surface area (Å²) in [5.41, 5.74) is 1.29. The molecule has 84 valence electrons. The molecular formula is C13H21NO. The van der Waals surface area contributed by atoms with E-state index in [1.54, 1.807) is 6.26 Å². The molecule has 2 nitrogen and oxygen atoms in total. The van der Waals surface area contributed by atoms with Crippen LogP contribution in [0.15, 0.2) is 23.0 Å². The van der Waals surface area contributed by atoms with Crippen LogP contribution in [0.3, 0.4) is 0 Å². The molecule has 1 unspecified atom stereocenters. The third kappa shape index (κ3) is 2.85. The van der Waals surface area contributed by atoms with E-state index in [1.807, 2.05) is 13.3 Å². The second-order valence-electron chi connectivity index (χ2n) is 4.63. The molecule has 1 saturated carbocycles. The fraction of sp³-hybridized carbons (Fsp3) is 0.692. The highest BCUT2D eigenvalue weighted by Crippen LogP contribution is 2.31. The largest absolute Gasteiger partial charge is 0.472 e. The van der Waals surface area contributed by atoms with Gasteiger partial charge in [-0.2, -0.15) is 0 Å². The van der Waals surface area contributed by atoms with Crippen molar-refractivity contribution < 1.29 is 4.42 Å². The molecule has 1 aromatic heterocycles. The third-order valence-corrected chi connectivity index (χ3v) is 3.63. The van der Waals surface area contributed by atoms with Gasteiger partial charge in [-0.1, -0.05) is 25.7 Å². The summed E-state index contributed by atoms with van der Waals surface area (Å²) in [5.74, 6) is 0.979. The highest BCUT2D eigenvalue weighted by Gasteiger charge is 2.17. The van der Waals surface area contributed by atoms with Gasteiger partial charge in [0.2, 0.25) is 0 Å². The monoisotopic (exact) mass is 207 g/mol. The average molecular weight is 207 g/mol. The van der Waals surface area contributed by atoms with Crippen molar-refractivity contribution >= 4 is 0 Å². The molecule has 0 aliphatic heterocycles. The lowest BCUT2D eigenvalue weighted by Crippen LogP contribution is -2.16. The Kier molecular flexibility index (Phi) is 3.84. The Morgan fingerprint density at radius 1 is 1.47 bits per heavy atom. The molecule has 0 radical (unpaired) electrons. The number of hydrogen-bond acceptors (Lipinski definition) is 2. The summed E-state index contributed by atoms with van der Waals surface area (Å²) in [6, 6.07) is 2.54. The minimum atomic E-state index is 0.476. The van der Waals surface area contributed by atoms with Crippen LogP contribution in [0, 0.1) is 5.92 Å². The molecule has 1 aromatic rings. The van der Waals surface area contributed by atoms with Gasteiger partial charge in [0.1, 0.15) is 0 Å². The van der Waals surface area contributed by atoms with Crippen LogP contribution < -0.4 is 5.32 Å². The molecule has 0 saturated heterocycles. The van der Waals surface area contributed by atoms with Crippen LogP contribution in [0.5, 0.6) is 0 Å². The van der Waals surface area contributed by atoms with Crippen LogP contribution in [-0.4, -0.2) is 7.05 Å². The molecular weight excluding hydrogens is 186 g/mol. The van der Waals surface area contributed by atoms with Crippen molar-refractivity contribution in [1.29, 1.82) is 0 Å². The van der Waals surface area contributed by atoms with Crippen molar-refractivity contribution in [3.63, 3.8) is 0 Å². The van der Waals surface area contributed by atoms with E-state index in [9.17, 15) is 0 Å². The van der Waals surface area contributed by atoms with Crippen molar-refractivity contribution in [2.24, 2.45) is 5.92 Å². The standard InChI is InChI=1S/C13H21NO/c1-14-13(12-8-9-15-10-12)7-6-11-4-2-3-5-11/h8-11,13-14H,2-7H2,1H3. The minimum absolute atomic E-state index is 0.476. The second-order valence-corrected chi connectivity index (χ2v) is 4.63. The fourth-order valence-electron chi connectivity index (χ4n) is 2.65. The normalized spacial score (nSPS) is 19.5. The van der Waals surface area contributed by atoms with Crippen LogP contribution >= 0.6 is 0 Å². The molecule has 1 N–H and O–H groups in total. The molecule has 2 heteroatoms. The van der Waals surface area contributed by atoms with E-state index in [-0.39, 0.29) is 0 Å². The summed E-state index contributed by atoms with van der Waals surface area (Å²) in [4.78, 5) is 0. The molecule has 0 bridgehead atoms. The van der Waals surface area contributed by atoms with Crippen LogP contribution in [0.2, 0.25) is 0 Å². The van der Waals surface area contributed by atoms with Crippen molar-refractivity contribution in [3.05, 3.63) is 24.2 Å². The molecule has 1 fully saturated rings. The zero-order valence-corrected chi connectivity index (χ0v) is 9.54. The molecule has 1 atom stereocenters. The van der Waals surface area contributed by atoms with Gasteiger partial charge in [-0.3, -0.25) is 0 Å². The van der Waals surface area contributed by atoms with E-state index >= 15 is 0 Å². The predicted octanol–water partition coefficient (Wildman–Crippen LogP) is 3.51. The zero-order chi connectivity index (χ0) is 10.5. The first kappa shape index (κ1) is 10.7. The summed E-state index contributed by atoms with van der Waals surface area (Å²) in [6.45, 7) is 0. The van der Waals surface area contributed by atoms with Crippen molar-refractivity contribution in [2.45, 2.75) is 44.6 Å². The smallest absolute Gasteiger partial charge is 0.0950 e. The Hall–Kier alpha value is -0.760. The van der Waals surface area contributed by atoms with Crippen LogP contribution in [-0.2, 0) is 0 Å². The fourth-order valence-corrected chi connectivity index (χ4v) is 2.65. The number of rotatable bonds is 5. The first-order valence-corrected chi connectivity index (χ1v) is 6.09. The Labute approximate surface area is 92.1 Å². The number of nitrogens with one attached hydrogen (secondary N) is 1. The zero-order valence-electron chi connectivity index (χ0n) is 9.54. The summed E-state index contributed by atoms with van der Waals surface area (Å²) in [7, 11) is 2.03. The molecule has 0 aromatic carbocycles. The van der Waals surface area contributed by atoms with Crippen molar-refractivity contribution in [1.82, 2.24) is 5.32 Å². The lowest BCUT2D eigenvalue weighted by Gasteiger charge is -2.16. The molecule has 1 aliphatic carbocycles. The van der Waals surface area contributed by atoms with Gasteiger partial charge >= 0.3 is 0 Å². The lowest BCUT2D eigenvalue weighted by molar-refractivity contribution is 0.425. The van der Waals surface area contributed by atoms with Gasteiger partial charge in [-0.25, -0.2) is 0 Å². The maximum absolute atomic E-state index is 5.13. The maximum Gasteiger partial charge on any atom is 0.0950 e. The highest BCUT2D eigenvalue weighted by molar-refractivity contribution is 5.11. The van der Waals surface area contributed by atoms with E-state index in [0.717, 1.165) is 5.92 Å². The van der Waals surface area contributed by atoms with Crippen LogP contribution in [0.1, 0.15) is 50.1 Å². The van der Waals surface area contributed by atoms with Gasteiger partial charge in [0.15, 0.2) is 0 Å². The molecule has 1 aliphatic rings. The predicted molar refractivity (Wildman–Crippen MR) is 61.7 cm³/mol. The quantitative estimate of drug-likeness (QED) is 0.799. The summed E-state index contributed by atoms with van der Waals surface area (Å²) in [6.07, 6.45) is 12.0. The SMILES string of the molecule is CNC(CCC1CCCC1)c1ccoc1. The summed E-state index contributed by atoms with van der Waals surface area (Å²) in [5, 5.41) is 3.37. The van der Waals surface area contributed by atoms with Gasteiger partial charge in [-0.15, -0.1) is 0 Å². The lowest BCUT2D eigenvalue weighted by atomic mass is 9.96. The van der Waals surface area contributed by atoms with Gasteiger partial charge in [-0.05, 0) is 31.9 Å². The Balaban J connectivity index is 1.80. The van der Waals surface area contributed by atoms with Gasteiger partial charge in [0.05, 0.1) is 12.5 Å². The van der Waals surface area contributed by atoms with E-state index < -0.39 is 0 Å². The molecule has 0 spiro atoms. The van der Waals surface area contributed by atoms with Gasteiger partial charge in [0.25, 0.3) is 0 Å². The maximum atomic E-state index is 5.13. The van der Waals surface area contributed by atoms with Gasteiger partial charge in [0, 0.05) is 11.6 Å². The average Bonchev–Trinajstić information content (AvgIpc) is 2.90. The molecule has 1 heterocycles. The van der Waals surface area contributed by atoms with Crippen LogP contribution in [0.25, 0.3) is 0 Å². The molecule has 0 amide bonds. The third-order valence-electron chi connectivity index (χ3n) is 3.63. The van der Waals surface area contributed by atoms with E-state index in [4.69, 9.17) is 4.42 Å². The summed E-state index contributed by atoms with van der Waals surface area (Å²) < 4.78 is 5.13. The first-order valence-electron chi connectivity index (χ1n) is 6.09. The number of hydrogen-bond donors (Lipinski definition) is 1. The van der Waals surface area contributed by atoms with Crippen molar-refractivity contribution in [3.8, 4) is 0 Å². The Morgan fingerprint density at radius 3 is 2.87 bits per heavy atom. The van der Waals surface area contributed by atoms with E-state index in [1.165, 1.54) is 44.1 Å².